The van der Waals surface area contributed by atoms with Gasteiger partial charge in [0.1, 0.15) is 0 Å². The molecule has 16 heavy (non-hydrogen) atoms. The van der Waals surface area contributed by atoms with E-state index >= 15 is 0 Å². The van der Waals surface area contributed by atoms with Crippen LogP contribution in [0.5, 0.6) is 0 Å². The number of hydrogen-bond acceptors (Lipinski definition) is 3. The lowest BCUT2D eigenvalue weighted by atomic mass is 9.73. The van der Waals surface area contributed by atoms with Crippen molar-refractivity contribution in [2.75, 3.05) is 13.7 Å². The molecule has 2 fully saturated rings. The van der Waals surface area contributed by atoms with Crippen molar-refractivity contribution in [3.05, 3.63) is 0 Å². The van der Waals surface area contributed by atoms with Gasteiger partial charge in [-0.3, -0.25) is 4.90 Å². The van der Waals surface area contributed by atoms with E-state index in [0.717, 1.165) is 13.0 Å². The van der Waals surface area contributed by atoms with E-state index in [9.17, 15) is 0 Å². The number of rotatable bonds is 3. The SMILES string of the molecule is CC(CC#N)N(C)C1CCOC2(CCC2)C1. The third-order valence-electron chi connectivity index (χ3n) is 4.39. The van der Waals surface area contributed by atoms with Gasteiger partial charge in [0.2, 0.25) is 0 Å². The minimum Gasteiger partial charge on any atom is -0.375 e. The number of hydrogen-bond donors (Lipinski definition) is 0. The van der Waals surface area contributed by atoms with Crippen LogP contribution in [0.2, 0.25) is 0 Å². The largest absolute Gasteiger partial charge is 0.375 e. The zero-order valence-corrected chi connectivity index (χ0v) is 10.4. The van der Waals surface area contributed by atoms with E-state index in [1.165, 1.54) is 25.7 Å². The Morgan fingerprint density at radius 2 is 2.31 bits per heavy atom. The van der Waals surface area contributed by atoms with E-state index in [-0.39, 0.29) is 5.60 Å². The van der Waals surface area contributed by atoms with Crippen molar-refractivity contribution in [3.8, 4) is 6.07 Å². The first-order valence-corrected chi connectivity index (χ1v) is 6.40. The molecule has 0 bridgehead atoms. The molecule has 90 valence electrons. The van der Waals surface area contributed by atoms with Crippen molar-refractivity contribution < 1.29 is 4.74 Å². The van der Waals surface area contributed by atoms with E-state index < -0.39 is 0 Å². The van der Waals surface area contributed by atoms with Gasteiger partial charge in [0, 0.05) is 18.7 Å². The average Bonchev–Trinajstić information content (AvgIpc) is 2.26. The summed E-state index contributed by atoms with van der Waals surface area (Å²) in [7, 11) is 2.16. The first-order valence-electron chi connectivity index (χ1n) is 6.40. The normalized spacial score (nSPS) is 29.8. The van der Waals surface area contributed by atoms with Gasteiger partial charge in [-0.2, -0.15) is 5.26 Å². The Labute approximate surface area is 98.4 Å². The van der Waals surface area contributed by atoms with E-state index in [4.69, 9.17) is 10.00 Å². The van der Waals surface area contributed by atoms with Crippen LogP contribution in [0, 0.1) is 11.3 Å². The first-order chi connectivity index (χ1) is 7.67. The summed E-state index contributed by atoms with van der Waals surface area (Å²) in [5.74, 6) is 0. The van der Waals surface area contributed by atoms with Gasteiger partial charge in [0.25, 0.3) is 0 Å². The molecule has 1 aliphatic carbocycles. The molecule has 2 atom stereocenters. The molecule has 2 unspecified atom stereocenters. The van der Waals surface area contributed by atoms with Crippen molar-refractivity contribution >= 4 is 0 Å². The maximum Gasteiger partial charge on any atom is 0.0697 e. The summed E-state index contributed by atoms with van der Waals surface area (Å²) in [5.41, 5.74) is 0.212. The van der Waals surface area contributed by atoms with E-state index in [1.54, 1.807) is 0 Å². The van der Waals surface area contributed by atoms with Crippen molar-refractivity contribution in [2.24, 2.45) is 0 Å². The lowest BCUT2D eigenvalue weighted by molar-refractivity contribution is -0.149. The van der Waals surface area contributed by atoms with Crippen LogP contribution < -0.4 is 0 Å². The standard InChI is InChI=1S/C13H22N2O/c1-11(4-8-14)15(2)12-5-9-16-13(10-12)6-3-7-13/h11-12H,3-7,9-10H2,1-2H3. The zero-order valence-electron chi connectivity index (χ0n) is 10.4. The van der Waals surface area contributed by atoms with Crippen LogP contribution in [0.3, 0.4) is 0 Å². The average molecular weight is 222 g/mol. The van der Waals surface area contributed by atoms with Gasteiger partial charge in [0.15, 0.2) is 0 Å². The fraction of sp³-hybridized carbons (Fsp3) is 0.923. The highest BCUT2D eigenvalue weighted by Gasteiger charge is 2.43. The molecular weight excluding hydrogens is 200 g/mol. The highest BCUT2D eigenvalue weighted by molar-refractivity contribution is 4.97. The smallest absolute Gasteiger partial charge is 0.0697 e. The minimum absolute atomic E-state index is 0.212. The van der Waals surface area contributed by atoms with Crippen LogP contribution >= 0.6 is 0 Å². The van der Waals surface area contributed by atoms with E-state index in [1.807, 2.05) is 0 Å². The first kappa shape index (κ1) is 11.9. The van der Waals surface area contributed by atoms with Gasteiger partial charge in [-0.15, -0.1) is 0 Å². The molecule has 0 aromatic heterocycles. The second-order valence-corrected chi connectivity index (χ2v) is 5.41. The Morgan fingerprint density at radius 3 is 2.88 bits per heavy atom. The van der Waals surface area contributed by atoms with Crippen LogP contribution in [0.15, 0.2) is 0 Å². The van der Waals surface area contributed by atoms with Gasteiger partial charge in [-0.05, 0) is 46.1 Å². The maximum absolute atomic E-state index is 8.74. The van der Waals surface area contributed by atoms with Crippen molar-refractivity contribution in [2.45, 2.75) is 63.1 Å². The lowest BCUT2D eigenvalue weighted by Gasteiger charge is -2.49. The molecule has 1 saturated carbocycles. The molecule has 0 radical (unpaired) electrons. The van der Waals surface area contributed by atoms with Crippen LogP contribution in [0.4, 0.5) is 0 Å². The number of nitriles is 1. The molecule has 3 nitrogen and oxygen atoms in total. The molecule has 1 heterocycles. The molecule has 0 aromatic carbocycles. The fourth-order valence-corrected chi connectivity index (χ4v) is 2.91. The Bertz CT molecular complexity index is 280. The number of nitrogens with zero attached hydrogens (tertiary/aromatic N) is 2. The topological polar surface area (TPSA) is 36.3 Å². The van der Waals surface area contributed by atoms with E-state index in [0.29, 0.717) is 18.5 Å². The predicted molar refractivity (Wildman–Crippen MR) is 63.0 cm³/mol. The predicted octanol–water partition coefficient (Wildman–Crippen LogP) is 2.32. The zero-order chi connectivity index (χ0) is 11.6. The van der Waals surface area contributed by atoms with Crippen molar-refractivity contribution in [3.63, 3.8) is 0 Å². The molecule has 0 aromatic rings. The van der Waals surface area contributed by atoms with Gasteiger partial charge in [-0.25, -0.2) is 0 Å². The second-order valence-electron chi connectivity index (χ2n) is 5.41. The third-order valence-corrected chi connectivity index (χ3v) is 4.39. The molecule has 0 amide bonds. The summed E-state index contributed by atoms with van der Waals surface area (Å²) in [6, 6.07) is 3.24. The van der Waals surface area contributed by atoms with Crippen LogP contribution in [0.1, 0.15) is 45.4 Å². The summed E-state index contributed by atoms with van der Waals surface area (Å²) in [5, 5.41) is 8.74. The second kappa shape index (κ2) is 4.73. The van der Waals surface area contributed by atoms with Crippen molar-refractivity contribution in [1.82, 2.24) is 4.90 Å². The monoisotopic (exact) mass is 222 g/mol. The van der Waals surface area contributed by atoms with Gasteiger partial charge in [0.05, 0.1) is 18.1 Å². The van der Waals surface area contributed by atoms with Crippen LogP contribution in [-0.4, -0.2) is 36.2 Å². The highest BCUT2D eigenvalue weighted by Crippen LogP contribution is 2.43. The van der Waals surface area contributed by atoms with Crippen LogP contribution in [-0.2, 0) is 4.74 Å². The summed E-state index contributed by atoms with van der Waals surface area (Å²) >= 11 is 0. The highest BCUT2D eigenvalue weighted by atomic mass is 16.5. The maximum atomic E-state index is 8.74. The molecular formula is C13H22N2O. The molecule has 0 N–H and O–H groups in total. The van der Waals surface area contributed by atoms with Crippen molar-refractivity contribution in [1.29, 1.82) is 5.26 Å². The molecule has 3 heteroatoms. The molecule has 2 aliphatic rings. The van der Waals surface area contributed by atoms with Gasteiger partial charge < -0.3 is 4.74 Å². The quantitative estimate of drug-likeness (QED) is 0.735. The summed E-state index contributed by atoms with van der Waals surface area (Å²) < 4.78 is 5.93. The Hall–Kier alpha value is -0.590. The number of ether oxygens (including phenoxy) is 1. The Morgan fingerprint density at radius 1 is 1.56 bits per heavy atom. The molecule has 1 spiro atoms. The summed E-state index contributed by atoms with van der Waals surface area (Å²) in [4.78, 5) is 2.38. The molecule has 1 aliphatic heterocycles. The molecule has 2 rings (SSSR count). The third kappa shape index (κ3) is 2.23. The summed E-state index contributed by atoms with van der Waals surface area (Å²) in [6.07, 6.45) is 6.71. The van der Waals surface area contributed by atoms with Gasteiger partial charge in [-0.1, -0.05) is 0 Å². The fourth-order valence-electron chi connectivity index (χ4n) is 2.91. The Balaban J connectivity index is 1.91. The Kier molecular flexibility index (Phi) is 3.51. The van der Waals surface area contributed by atoms with Gasteiger partial charge >= 0.3 is 0 Å². The minimum atomic E-state index is 0.212. The van der Waals surface area contributed by atoms with E-state index in [2.05, 4.69) is 24.9 Å². The molecule has 1 saturated heterocycles. The lowest BCUT2D eigenvalue weighted by Crippen LogP contribution is -2.52. The summed E-state index contributed by atoms with van der Waals surface area (Å²) in [6.45, 7) is 3.04. The van der Waals surface area contributed by atoms with Crippen LogP contribution in [0.25, 0.3) is 0 Å².